The van der Waals surface area contributed by atoms with Gasteiger partial charge in [-0.05, 0) is 31.9 Å². The maximum absolute atomic E-state index is 11.7. The maximum Gasteiger partial charge on any atom is 0.221 e. The molecule has 0 aliphatic carbocycles. The Labute approximate surface area is 108 Å². The summed E-state index contributed by atoms with van der Waals surface area (Å²) in [7, 11) is 0. The Morgan fingerprint density at radius 1 is 1.61 bits per heavy atom. The highest BCUT2D eigenvalue weighted by molar-refractivity contribution is 5.76. The van der Waals surface area contributed by atoms with E-state index in [4.69, 9.17) is 0 Å². The average Bonchev–Trinajstić information content (AvgIpc) is 2.76. The van der Waals surface area contributed by atoms with Gasteiger partial charge in [0.25, 0.3) is 0 Å². The minimum Gasteiger partial charge on any atom is -0.354 e. The summed E-state index contributed by atoms with van der Waals surface area (Å²) in [6, 6.07) is 0.366. The fourth-order valence-electron chi connectivity index (χ4n) is 2.29. The van der Waals surface area contributed by atoms with Crippen LogP contribution in [-0.2, 0) is 11.3 Å². The molecule has 5 heteroatoms. The predicted octanol–water partition coefficient (Wildman–Crippen LogP) is 0.840. The number of carbonyl (C=O) groups is 1. The fourth-order valence-corrected chi connectivity index (χ4v) is 2.29. The molecule has 0 aromatic carbocycles. The van der Waals surface area contributed by atoms with Gasteiger partial charge in [0.1, 0.15) is 0 Å². The fraction of sp³-hybridized carbons (Fsp3) is 0.692. The topological polar surface area (TPSA) is 59.0 Å². The average molecular weight is 250 g/mol. The monoisotopic (exact) mass is 250 g/mol. The van der Waals surface area contributed by atoms with E-state index in [-0.39, 0.29) is 5.91 Å². The molecule has 1 aromatic rings. The summed E-state index contributed by atoms with van der Waals surface area (Å²) in [5.41, 5.74) is 1.15. The van der Waals surface area contributed by atoms with Gasteiger partial charge >= 0.3 is 0 Å². The first-order valence-electron chi connectivity index (χ1n) is 6.73. The van der Waals surface area contributed by atoms with Gasteiger partial charge in [0.15, 0.2) is 0 Å². The molecule has 1 amide bonds. The number of aryl methyl sites for hydroxylation is 1. The number of nitrogens with zero attached hydrogens (tertiary/aromatic N) is 2. The standard InChI is InChI=1S/C13H22N4O/c1-11-9-16-17(10-11)7-6-15-13(18)8-12-4-2-3-5-14-12/h9-10,12,14H,2-8H2,1H3,(H,15,18). The Morgan fingerprint density at radius 3 is 3.17 bits per heavy atom. The largest absolute Gasteiger partial charge is 0.354 e. The smallest absolute Gasteiger partial charge is 0.221 e. The molecule has 18 heavy (non-hydrogen) atoms. The predicted molar refractivity (Wildman–Crippen MR) is 70.2 cm³/mol. The van der Waals surface area contributed by atoms with E-state index in [0.717, 1.165) is 25.1 Å². The molecule has 0 radical (unpaired) electrons. The quantitative estimate of drug-likeness (QED) is 0.814. The Morgan fingerprint density at radius 2 is 2.50 bits per heavy atom. The van der Waals surface area contributed by atoms with Crippen molar-refractivity contribution in [3.8, 4) is 0 Å². The van der Waals surface area contributed by atoms with E-state index in [1.807, 2.05) is 24.0 Å². The highest BCUT2D eigenvalue weighted by Gasteiger charge is 2.15. The van der Waals surface area contributed by atoms with Gasteiger partial charge in [-0.25, -0.2) is 0 Å². The third-order valence-electron chi connectivity index (χ3n) is 3.27. The molecule has 1 saturated heterocycles. The van der Waals surface area contributed by atoms with E-state index in [2.05, 4.69) is 15.7 Å². The van der Waals surface area contributed by atoms with Crippen LogP contribution in [0.1, 0.15) is 31.2 Å². The van der Waals surface area contributed by atoms with Gasteiger partial charge in [-0.1, -0.05) is 6.42 Å². The van der Waals surface area contributed by atoms with E-state index >= 15 is 0 Å². The van der Waals surface area contributed by atoms with Crippen molar-refractivity contribution in [2.24, 2.45) is 0 Å². The molecule has 0 saturated carbocycles. The van der Waals surface area contributed by atoms with Gasteiger partial charge in [0.05, 0.1) is 12.7 Å². The zero-order valence-electron chi connectivity index (χ0n) is 11.0. The first kappa shape index (κ1) is 13.1. The molecule has 100 valence electrons. The third kappa shape index (κ3) is 4.14. The Balaban J connectivity index is 1.62. The lowest BCUT2D eigenvalue weighted by Gasteiger charge is -2.22. The van der Waals surface area contributed by atoms with Crippen molar-refractivity contribution < 1.29 is 4.79 Å². The Kier molecular flexibility index (Phi) is 4.75. The van der Waals surface area contributed by atoms with Crippen molar-refractivity contribution in [2.45, 2.75) is 45.2 Å². The molecular weight excluding hydrogens is 228 g/mol. The Bertz CT molecular complexity index is 382. The van der Waals surface area contributed by atoms with E-state index < -0.39 is 0 Å². The van der Waals surface area contributed by atoms with Crippen LogP contribution in [0, 0.1) is 6.92 Å². The number of carbonyl (C=O) groups excluding carboxylic acids is 1. The van der Waals surface area contributed by atoms with Crippen molar-refractivity contribution in [3.63, 3.8) is 0 Å². The third-order valence-corrected chi connectivity index (χ3v) is 3.27. The van der Waals surface area contributed by atoms with Crippen molar-refractivity contribution in [3.05, 3.63) is 18.0 Å². The molecule has 5 nitrogen and oxygen atoms in total. The van der Waals surface area contributed by atoms with Crippen molar-refractivity contribution in [2.75, 3.05) is 13.1 Å². The zero-order chi connectivity index (χ0) is 12.8. The molecule has 1 aliphatic heterocycles. The number of hydrogen-bond acceptors (Lipinski definition) is 3. The normalized spacial score (nSPS) is 19.7. The van der Waals surface area contributed by atoms with Gasteiger partial charge in [-0.15, -0.1) is 0 Å². The van der Waals surface area contributed by atoms with Crippen LogP contribution >= 0.6 is 0 Å². The number of aromatic nitrogens is 2. The van der Waals surface area contributed by atoms with Crippen LogP contribution in [0.15, 0.2) is 12.4 Å². The van der Waals surface area contributed by atoms with Crippen molar-refractivity contribution in [1.82, 2.24) is 20.4 Å². The van der Waals surface area contributed by atoms with Crippen LogP contribution in [0.5, 0.6) is 0 Å². The molecule has 1 fully saturated rings. The number of piperidine rings is 1. The molecule has 2 heterocycles. The van der Waals surface area contributed by atoms with Gasteiger partial charge < -0.3 is 10.6 Å². The van der Waals surface area contributed by atoms with E-state index in [9.17, 15) is 4.79 Å². The van der Waals surface area contributed by atoms with Gasteiger partial charge in [0, 0.05) is 25.2 Å². The molecule has 0 spiro atoms. The van der Waals surface area contributed by atoms with Gasteiger partial charge in [0.2, 0.25) is 5.91 Å². The van der Waals surface area contributed by atoms with Crippen LogP contribution in [0.2, 0.25) is 0 Å². The van der Waals surface area contributed by atoms with Crippen LogP contribution in [0.3, 0.4) is 0 Å². The minimum absolute atomic E-state index is 0.137. The summed E-state index contributed by atoms with van der Waals surface area (Å²) >= 11 is 0. The minimum atomic E-state index is 0.137. The summed E-state index contributed by atoms with van der Waals surface area (Å²) in [4.78, 5) is 11.7. The zero-order valence-corrected chi connectivity index (χ0v) is 11.0. The van der Waals surface area contributed by atoms with E-state index in [1.165, 1.54) is 12.8 Å². The molecule has 1 unspecified atom stereocenters. The summed E-state index contributed by atoms with van der Waals surface area (Å²) in [6.07, 6.45) is 7.99. The van der Waals surface area contributed by atoms with Crippen molar-refractivity contribution in [1.29, 1.82) is 0 Å². The first-order valence-corrected chi connectivity index (χ1v) is 6.73. The molecular formula is C13H22N4O. The van der Waals surface area contributed by atoms with Crippen LogP contribution < -0.4 is 10.6 Å². The first-order chi connectivity index (χ1) is 8.74. The number of nitrogens with one attached hydrogen (secondary N) is 2. The van der Waals surface area contributed by atoms with Crippen LogP contribution in [0.4, 0.5) is 0 Å². The summed E-state index contributed by atoms with van der Waals surface area (Å²) in [6.45, 7) is 4.44. The number of rotatable bonds is 5. The Hall–Kier alpha value is -1.36. The van der Waals surface area contributed by atoms with Gasteiger partial charge in [-0.3, -0.25) is 9.48 Å². The van der Waals surface area contributed by atoms with Gasteiger partial charge in [-0.2, -0.15) is 5.10 Å². The van der Waals surface area contributed by atoms with Crippen LogP contribution in [0.25, 0.3) is 0 Å². The lowest BCUT2D eigenvalue weighted by atomic mass is 10.0. The number of hydrogen-bond donors (Lipinski definition) is 2. The summed E-state index contributed by atoms with van der Waals surface area (Å²) in [5, 5.41) is 10.5. The van der Waals surface area contributed by atoms with Crippen molar-refractivity contribution >= 4 is 5.91 Å². The number of amides is 1. The second-order valence-corrected chi connectivity index (χ2v) is 4.98. The highest BCUT2D eigenvalue weighted by Crippen LogP contribution is 2.09. The highest BCUT2D eigenvalue weighted by atomic mass is 16.1. The van der Waals surface area contributed by atoms with Crippen LogP contribution in [-0.4, -0.2) is 34.8 Å². The van der Waals surface area contributed by atoms with E-state index in [1.54, 1.807) is 0 Å². The lowest BCUT2D eigenvalue weighted by molar-refractivity contribution is -0.121. The molecule has 2 N–H and O–H groups in total. The SMILES string of the molecule is Cc1cnn(CCNC(=O)CC2CCCCN2)c1. The second-order valence-electron chi connectivity index (χ2n) is 4.98. The molecule has 2 rings (SSSR count). The summed E-state index contributed by atoms with van der Waals surface area (Å²) < 4.78 is 1.86. The molecule has 1 aromatic heterocycles. The second kappa shape index (κ2) is 6.54. The molecule has 0 bridgehead atoms. The lowest BCUT2D eigenvalue weighted by Crippen LogP contribution is -2.39. The summed E-state index contributed by atoms with van der Waals surface area (Å²) in [5.74, 6) is 0.137. The molecule has 1 atom stereocenters. The van der Waals surface area contributed by atoms with E-state index in [0.29, 0.717) is 19.0 Å². The molecule has 1 aliphatic rings. The maximum atomic E-state index is 11.7.